The van der Waals surface area contributed by atoms with Gasteiger partial charge >= 0.3 is 0 Å². The molecular weight excluding hydrogens is 392 g/mol. The van der Waals surface area contributed by atoms with E-state index in [-0.39, 0.29) is 12.8 Å². The average molecular weight is 419 g/mol. The van der Waals surface area contributed by atoms with E-state index >= 15 is 0 Å². The number of carbonyl (C=O) groups excluding carboxylic acids is 1. The number of hydroxylamine groups is 1. The predicted molar refractivity (Wildman–Crippen MR) is 111 cm³/mol. The second-order valence-electron chi connectivity index (χ2n) is 7.48. The van der Waals surface area contributed by atoms with Gasteiger partial charge in [0.05, 0.1) is 12.5 Å². The SMILES string of the molecule is COc1ccccc1-c1ccc(/C=C/CCC(C)(C(=O)NO)C(C)(O)C(F)F)cc1. The molecule has 0 aliphatic heterocycles. The number of halogens is 2. The molecule has 1 amide bonds. The molecule has 0 radical (unpaired) electrons. The van der Waals surface area contributed by atoms with Gasteiger partial charge < -0.3 is 9.84 Å². The van der Waals surface area contributed by atoms with Crippen molar-refractivity contribution in [2.75, 3.05) is 7.11 Å². The minimum absolute atomic E-state index is 0.0769. The molecule has 0 heterocycles. The van der Waals surface area contributed by atoms with Crippen LogP contribution in [0.3, 0.4) is 0 Å². The first-order valence-corrected chi connectivity index (χ1v) is 9.52. The van der Waals surface area contributed by atoms with Gasteiger partial charge in [-0.2, -0.15) is 0 Å². The maximum atomic E-state index is 13.3. The van der Waals surface area contributed by atoms with Crippen molar-refractivity contribution in [2.45, 2.75) is 38.7 Å². The van der Waals surface area contributed by atoms with Gasteiger partial charge in [-0.05, 0) is 43.9 Å². The molecule has 2 aromatic carbocycles. The Labute approximate surface area is 175 Å². The number of allylic oxidation sites excluding steroid dienone is 1. The third kappa shape index (κ3) is 4.86. The molecule has 162 valence electrons. The van der Waals surface area contributed by atoms with Crippen LogP contribution >= 0.6 is 0 Å². The van der Waals surface area contributed by atoms with E-state index in [4.69, 9.17) is 9.94 Å². The lowest BCUT2D eigenvalue weighted by atomic mass is 9.70. The zero-order valence-corrected chi connectivity index (χ0v) is 17.2. The standard InChI is InChI=1S/C23H27F2NO4/c1-22(21(27)26-29,23(2,28)20(24)25)15-7-6-8-16-11-13-17(14-12-16)18-9-4-5-10-19(18)30-3/h4-6,8-14,20,28-29H,7,15H2,1-3H3,(H,26,27)/b8-6+. The summed E-state index contributed by atoms with van der Waals surface area (Å²) in [6.07, 6.45) is 0.572. The Morgan fingerprint density at radius 1 is 1.17 bits per heavy atom. The molecule has 0 aromatic heterocycles. The molecule has 0 spiro atoms. The molecule has 2 rings (SSSR count). The molecule has 30 heavy (non-hydrogen) atoms. The monoisotopic (exact) mass is 419 g/mol. The zero-order chi connectivity index (χ0) is 22.4. The molecule has 0 fully saturated rings. The van der Waals surface area contributed by atoms with E-state index in [1.165, 1.54) is 12.4 Å². The number of amides is 1. The topological polar surface area (TPSA) is 78.8 Å². The molecule has 2 atom stereocenters. The van der Waals surface area contributed by atoms with Crippen molar-refractivity contribution in [3.8, 4) is 16.9 Å². The van der Waals surface area contributed by atoms with Crippen molar-refractivity contribution < 1.29 is 28.6 Å². The highest BCUT2D eigenvalue weighted by molar-refractivity contribution is 5.82. The maximum Gasteiger partial charge on any atom is 0.267 e. The Kier molecular flexibility index (Phi) is 7.70. The van der Waals surface area contributed by atoms with Crippen LogP contribution in [0.5, 0.6) is 5.75 Å². The highest BCUT2D eigenvalue weighted by Crippen LogP contribution is 2.40. The fourth-order valence-electron chi connectivity index (χ4n) is 3.21. The molecule has 7 heteroatoms. The van der Waals surface area contributed by atoms with Crippen LogP contribution in [-0.4, -0.2) is 35.4 Å². The quantitative estimate of drug-likeness (QED) is 0.407. The summed E-state index contributed by atoms with van der Waals surface area (Å²) in [5.41, 5.74) is -0.221. The van der Waals surface area contributed by atoms with Crippen molar-refractivity contribution in [2.24, 2.45) is 5.41 Å². The first kappa shape index (κ1) is 23.5. The third-order valence-electron chi connectivity index (χ3n) is 5.59. The summed E-state index contributed by atoms with van der Waals surface area (Å²) < 4.78 is 31.9. The molecule has 0 bridgehead atoms. The van der Waals surface area contributed by atoms with Crippen LogP contribution in [0.2, 0.25) is 0 Å². The maximum absolute atomic E-state index is 13.3. The highest BCUT2D eigenvalue weighted by atomic mass is 19.3. The molecular formula is C23H27F2NO4. The van der Waals surface area contributed by atoms with Gasteiger partial charge in [0.2, 0.25) is 0 Å². The number of aliphatic hydroxyl groups is 1. The van der Waals surface area contributed by atoms with Gasteiger partial charge in [0, 0.05) is 5.56 Å². The van der Waals surface area contributed by atoms with Crippen LogP contribution in [0.25, 0.3) is 17.2 Å². The van der Waals surface area contributed by atoms with Crippen LogP contribution in [0.1, 0.15) is 32.3 Å². The van der Waals surface area contributed by atoms with E-state index in [2.05, 4.69) is 0 Å². The second kappa shape index (κ2) is 9.82. The van der Waals surface area contributed by atoms with Crippen molar-refractivity contribution in [3.05, 3.63) is 60.2 Å². The fourth-order valence-corrected chi connectivity index (χ4v) is 3.21. The molecule has 2 unspecified atom stereocenters. The zero-order valence-electron chi connectivity index (χ0n) is 17.2. The number of rotatable bonds is 9. The van der Waals surface area contributed by atoms with Crippen molar-refractivity contribution in [3.63, 3.8) is 0 Å². The smallest absolute Gasteiger partial charge is 0.267 e. The van der Waals surface area contributed by atoms with Gasteiger partial charge in [-0.25, -0.2) is 14.3 Å². The van der Waals surface area contributed by atoms with Gasteiger partial charge in [0.1, 0.15) is 11.4 Å². The number of hydrogen-bond acceptors (Lipinski definition) is 4. The minimum atomic E-state index is -3.15. The fraction of sp³-hybridized carbons (Fsp3) is 0.348. The lowest BCUT2D eigenvalue weighted by molar-refractivity contribution is -0.182. The number of hydrogen-bond donors (Lipinski definition) is 3. The van der Waals surface area contributed by atoms with Crippen molar-refractivity contribution in [1.29, 1.82) is 0 Å². The first-order chi connectivity index (χ1) is 14.2. The summed E-state index contributed by atoms with van der Waals surface area (Å²) in [5.74, 6) is -0.282. The van der Waals surface area contributed by atoms with Crippen LogP contribution in [0.15, 0.2) is 54.6 Å². The summed E-state index contributed by atoms with van der Waals surface area (Å²) in [7, 11) is 1.62. The normalized spacial score (nSPS) is 15.6. The van der Waals surface area contributed by atoms with E-state index in [9.17, 15) is 18.7 Å². The van der Waals surface area contributed by atoms with Gasteiger partial charge in [0.25, 0.3) is 12.3 Å². The van der Waals surface area contributed by atoms with E-state index in [0.29, 0.717) is 0 Å². The number of carbonyl (C=O) groups is 1. The van der Waals surface area contributed by atoms with Crippen LogP contribution in [0.4, 0.5) is 8.78 Å². The van der Waals surface area contributed by atoms with Crippen LogP contribution in [-0.2, 0) is 4.79 Å². The van der Waals surface area contributed by atoms with Gasteiger partial charge in [-0.3, -0.25) is 10.0 Å². The van der Waals surface area contributed by atoms with Crippen LogP contribution in [0, 0.1) is 5.41 Å². The number of nitrogens with one attached hydrogen (secondary N) is 1. The van der Waals surface area contributed by atoms with Crippen molar-refractivity contribution in [1.82, 2.24) is 5.48 Å². The van der Waals surface area contributed by atoms with E-state index < -0.39 is 23.3 Å². The molecule has 5 nitrogen and oxygen atoms in total. The summed E-state index contributed by atoms with van der Waals surface area (Å²) in [4.78, 5) is 12.0. The van der Waals surface area contributed by atoms with E-state index in [0.717, 1.165) is 29.4 Å². The number of ether oxygens (including phenoxy) is 1. The third-order valence-corrected chi connectivity index (χ3v) is 5.59. The Hall–Kier alpha value is -2.77. The van der Waals surface area contributed by atoms with Crippen LogP contribution < -0.4 is 10.2 Å². The average Bonchev–Trinajstić information content (AvgIpc) is 2.76. The molecule has 0 saturated carbocycles. The Morgan fingerprint density at radius 3 is 2.37 bits per heavy atom. The number of methoxy groups -OCH3 is 1. The number of benzene rings is 2. The summed E-state index contributed by atoms with van der Waals surface area (Å²) in [6.45, 7) is 2.10. The molecule has 0 aliphatic carbocycles. The molecule has 2 aromatic rings. The predicted octanol–water partition coefficient (Wildman–Crippen LogP) is 4.68. The lowest BCUT2D eigenvalue weighted by Crippen LogP contribution is -2.57. The van der Waals surface area contributed by atoms with Gasteiger partial charge in [-0.1, -0.05) is 54.6 Å². The Morgan fingerprint density at radius 2 is 1.80 bits per heavy atom. The Balaban J connectivity index is 2.10. The highest BCUT2D eigenvalue weighted by Gasteiger charge is 2.54. The summed E-state index contributed by atoms with van der Waals surface area (Å²) >= 11 is 0. The molecule has 0 aliphatic rings. The van der Waals surface area contributed by atoms with Gasteiger partial charge in [-0.15, -0.1) is 0 Å². The van der Waals surface area contributed by atoms with E-state index in [1.54, 1.807) is 19.3 Å². The largest absolute Gasteiger partial charge is 0.496 e. The molecule has 3 N–H and O–H groups in total. The lowest BCUT2D eigenvalue weighted by Gasteiger charge is -2.40. The first-order valence-electron chi connectivity index (χ1n) is 9.52. The summed E-state index contributed by atoms with van der Waals surface area (Å²) in [6, 6.07) is 15.4. The second-order valence-corrected chi connectivity index (χ2v) is 7.48. The molecule has 0 saturated heterocycles. The number of para-hydroxylation sites is 1. The van der Waals surface area contributed by atoms with E-state index in [1.807, 2.05) is 48.5 Å². The Bertz CT molecular complexity index is 881. The van der Waals surface area contributed by atoms with Gasteiger partial charge in [0.15, 0.2) is 0 Å². The van der Waals surface area contributed by atoms with Crippen molar-refractivity contribution >= 4 is 12.0 Å². The minimum Gasteiger partial charge on any atom is -0.496 e. The summed E-state index contributed by atoms with van der Waals surface area (Å²) in [5, 5.41) is 19.1. The number of alkyl halides is 2.